The number of rotatable bonds is 1. The SMILES string of the molecule is FC(F)(F)c1cnnc(N2CCCCC2)c1. The minimum atomic E-state index is -4.35. The molecule has 0 aromatic carbocycles. The van der Waals surface area contributed by atoms with Crippen LogP contribution in [0, 0.1) is 0 Å². The van der Waals surface area contributed by atoms with Gasteiger partial charge in [-0.25, -0.2) is 0 Å². The first-order valence-electron chi connectivity index (χ1n) is 5.22. The van der Waals surface area contributed by atoms with E-state index in [4.69, 9.17) is 0 Å². The second-order valence-corrected chi connectivity index (χ2v) is 3.85. The zero-order valence-corrected chi connectivity index (χ0v) is 8.67. The molecule has 0 bridgehead atoms. The Morgan fingerprint density at radius 3 is 2.44 bits per heavy atom. The lowest BCUT2D eigenvalue weighted by molar-refractivity contribution is -0.137. The van der Waals surface area contributed by atoms with Crippen LogP contribution in [0.15, 0.2) is 12.3 Å². The molecular weight excluding hydrogens is 219 g/mol. The van der Waals surface area contributed by atoms with Gasteiger partial charge in [-0.05, 0) is 25.3 Å². The summed E-state index contributed by atoms with van der Waals surface area (Å²) in [6.45, 7) is 1.52. The highest BCUT2D eigenvalue weighted by atomic mass is 19.4. The Kier molecular flexibility index (Phi) is 2.98. The Morgan fingerprint density at radius 1 is 1.12 bits per heavy atom. The van der Waals surface area contributed by atoms with Gasteiger partial charge < -0.3 is 4.90 Å². The van der Waals surface area contributed by atoms with E-state index in [9.17, 15) is 13.2 Å². The van der Waals surface area contributed by atoms with Crippen molar-refractivity contribution in [2.24, 2.45) is 0 Å². The predicted molar refractivity (Wildman–Crippen MR) is 53.1 cm³/mol. The predicted octanol–water partition coefficient (Wildman–Crippen LogP) is 2.49. The molecule has 0 amide bonds. The fraction of sp³-hybridized carbons (Fsp3) is 0.600. The van der Waals surface area contributed by atoms with Crippen LogP contribution >= 0.6 is 0 Å². The number of aromatic nitrogens is 2. The molecule has 1 aliphatic rings. The summed E-state index contributed by atoms with van der Waals surface area (Å²) >= 11 is 0. The van der Waals surface area contributed by atoms with Gasteiger partial charge in [0.2, 0.25) is 0 Å². The van der Waals surface area contributed by atoms with E-state index in [-0.39, 0.29) is 0 Å². The smallest absolute Gasteiger partial charge is 0.355 e. The minimum absolute atomic E-state index is 0.328. The summed E-state index contributed by atoms with van der Waals surface area (Å²) in [5, 5.41) is 7.17. The van der Waals surface area contributed by atoms with E-state index in [1.807, 2.05) is 4.90 Å². The number of piperidine rings is 1. The van der Waals surface area contributed by atoms with Crippen molar-refractivity contribution in [3.8, 4) is 0 Å². The highest BCUT2D eigenvalue weighted by Gasteiger charge is 2.32. The molecule has 0 radical (unpaired) electrons. The van der Waals surface area contributed by atoms with Gasteiger partial charge in [0.1, 0.15) is 0 Å². The van der Waals surface area contributed by atoms with Crippen LogP contribution in [-0.2, 0) is 6.18 Å². The third-order valence-electron chi connectivity index (χ3n) is 2.65. The van der Waals surface area contributed by atoms with Crippen LogP contribution in [0.2, 0.25) is 0 Å². The molecule has 88 valence electrons. The Labute approximate surface area is 91.3 Å². The van der Waals surface area contributed by atoms with E-state index in [1.54, 1.807) is 0 Å². The minimum Gasteiger partial charge on any atom is -0.355 e. The summed E-state index contributed by atoms with van der Waals surface area (Å²) < 4.78 is 37.3. The number of hydrogen-bond acceptors (Lipinski definition) is 3. The standard InChI is InChI=1S/C10H12F3N3/c11-10(12,13)8-6-9(15-14-7-8)16-4-2-1-3-5-16/h6-7H,1-5H2. The van der Waals surface area contributed by atoms with Gasteiger partial charge in [0.15, 0.2) is 5.82 Å². The summed E-state index contributed by atoms with van der Waals surface area (Å²) in [5.74, 6) is 0.328. The third-order valence-corrected chi connectivity index (χ3v) is 2.65. The molecule has 0 aliphatic carbocycles. The van der Waals surface area contributed by atoms with Crippen molar-refractivity contribution in [2.75, 3.05) is 18.0 Å². The van der Waals surface area contributed by atoms with E-state index in [1.165, 1.54) is 0 Å². The fourth-order valence-electron chi connectivity index (χ4n) is 1.79. The van der Waals surface area contributed by atoms with Crippen molar-refractivity contribution in [1.82, 2.24) is 10.2 Å². The molecule has 16 heavy (non-hydrogen) atoms. The number of alkyl halides is 3. The molecule has 1 saturated heterocycles. The van der Waals surface area contributed by atoms with Gasteiger partial charge in [0.25, 0.3) is 0 Å². The lowest BCUT2D eigenvalue weighted by Crippen LogP contribution is -2.30. The molecule has 0 unspecified atom stereocenters. The molecule has 1 fully saturated rings. The second-order valence-electron chi connectivity index (χ2n) is 3.85. The first kappa shape index (κ1) is 11.2. The van der Waals surface area contributed by atoms with Crippen LogP contribution in [0.5, 0.6) is 0 Å². The summed E-state index contributed by atoms with van der Waals surface area (Å²) in [7, 11) is 0. The van der Waals surface area contributed by atoms with Crippen LogP contribution in [0.3, 0.4) is 0 Å². The topological polar surface area (TPSA) is 29.0 Å². The maximum Gasteiger partial charge on any atom is 0.418 e. The maximum atomic E-state index is 12.4. The molecular formula is C10H12F3N3. The number of anilines is 1. The molecule has 2 rings (SSSR count). The van der Waals surface area contributed by atoms with Gasteiger partial charge in [0.05, 0.1) is 11.8 Å². The third kappa shape index (κ3) is 2.43. The quantitative estimate of drug-likeness (QED) is 0.743. The van der Waals surface area contributed by atoms with Gasteiger partial charge in [-0.2, -0.15) is 18.3 Å². The van der Waals surface area contributed by atoms with Crippen molar-refractivity contribution in [3.63, 3.8) is 0 Å². The summed E-state index contributed by atoms with van der Waals surface area (Å²) in [6, 6.07) is 1.07. The Hall–Kier alpha value is -1.33. The molecule has 1 aromatic heterocycles. The van der Waals surface area contributed by atoms with Gasteiger partial charge in [0, 0.05) is 13.1 Å². The average molecular weight is 231 g/mol. The first-order valence-corrected chi connectivity index (χ1v) is 5.22. The first-order chi connectivity index (χ1) is 7.57. The molecule has 0 N–H and O–H groups in total. The van der Waals surface area contributed by atoms with Crippen LogP contribution in [0.4, 0.5) is 19.0 Å². The van der Waals surface area contributed by atoms with Gasteiger partial charge in [-0.15, -0.1) is 5.10 Å². The molecule has 6 heteroatoms. The number of hydrogen-bond donors (Lipinski definition) is 0. The fourth-order valence-corrected chi connectivity index (χ4v) is 1.79. The van der Waals surface area contributed by atoms with E-state index in [2.05, 4.69) is 10.2 Å². The molecule has 0 saturated carbocycles. The van der Waals surface area contributed by atoms with Crippen molar-refractivity contribution in [1.29, 1.82) is 0 Å². The second kappa shape index (κ2) is 4.27. The normalized spacial score (nSPS) is 17.6. The average Bonchev–Trinajstić information content (AvgIpc) is 2.29. The van der Waals surface area contributed by atoms with Gasteiger partial charge >= 0.3 is 6.18 Å². The van der Waals surface area contributed by atoms with Crippen LogP contribution in [0.1, 0.15) is 24.8 Å². The van der Waals surface area contributed by atoms with Crippen molar-refractivity contribution < 1.29 is 13.2 Å². The molecule has 1 aromatic rings. The molecule has 0 spiro atoms. The monoisotopic (exact) mass is 231 g/mol. The van der Waals surface area contributed by atoms with Crippen molar-refractivity contribution in [3.05, 3.63) is 17.8 Å². The lowest BCUT2D eigenvalue weighted by Gasteiger charge is -2.27. The lowest BCUT2D eigenvalue weighted by atomic mass is 10.1. The van der Waals surface area contributed by atoms with Crippen molar-refractivity contribution in [2.45, 2.75) is 25.4 Å². The number of halogens is 3. The summed E-state index contributed by atoms with van der Waals surface area (Å²) in [4.78, 5) is 1.85. The maximum absolute atomic E-state index is 12.4. The largest absolute Gasteiger partial charge is 0.418 e. The number of nitrogens with zero attached hydrogens (tertiary/aromatic N) is 3. The zero-order valence-electron chi connectivity index (χ0n) is 8.67. The molecule has 2 heterocycles. The Bertz CT molecular complexity index is 359. The Balaban J connectivity index is 2.21. The van der Waals surface area contributed by atoms with E-state index >= 15 is 0 Å². The van der Waals surface area contributed by atoms with Crippen LogP contribution in [-0.4, -0.2) is 23.3 Å². The highest BCUT2D eigenvalue weighted by Crippen LogP contribution is 2.30. The Morgan fingerprint density at radius 2 is 1.81 bits per heavy atom. The molecule has 0 atom stereocenters. The molecule has 1 aliphatic heterocycles. The molecule has 3 nitrogen and oxygen atoms in total. The van der Waals surface area contributed by atoms with E-state index in [0.717, 1.165) is 44.6 Å². The zero-order chi connectivity index (χ0) is 11.6. The summed E-state index contributed by atoms with van der Waals surface area (Å²) in [5.41, 5.74) is -0.733. The van der Waals surface area contributed by atoms with Crippen LogP contribution in [0.25, 0.3) is 0 Å². The van der Waals surface area contributed by atoms with Gasteiger partial charge in [-0.3, -0.25) is 0 Å². The van der Waals surface area contributed by atoms with E-state index < -0.39 is 11.7 Å². The van der Waals surface area contributed by atoms with Gasteiger partial charge in [-0.1, -0.05) is 0 Å². The highest BCUT2D eigenvalue weighted by molar-refractivity contribution is 5.40. The summed E-state index contributed by atoms with van der Waals surface area (Å²) in [6.07, 6.45) is -0.466. The van der Waals surface area contributed by atoms with Crippen molar-refractivity contribution >= 4 is 5.82 Å². The van der Waals surface area contributed by atoms with Crippen LogP contribution < -0.4 is 4.90 Å². The van der Waals surface area contributed by atoms with E-state index in [0.29, 0.717) is 5.82 Å².